The minimum atomic E-state index is -2.77. The van der Waals surface area contributed by atoms with Gasteiger partial charge >= 0.3 is 0 Å². The van der Waals surface area contributed by atoms with Crippen LogP contribution in [0.15, 0.2) is 35.2 Å². The number of aromatic nitrogens is 5. The van der Waals surface area contributed by atoms with Gasteiger partial charge in [-0.15, -0.1) is 11.8 Å². The van der Waals surface area contributed by atoms with E-state index in [9.17, 15) is 8.78 Å². The molecule has 5 rings (SSSR count). The van der Waals surface area contributed by atoms with E-state index < -0.39 is 12.7 Å². The van der Waals surface area contributed by atoms with Gasteiger partial charge in [-0.3, -0.25) is 9.25 Å². The number of pyridine rings is 1. The Morgan fingerprint density at radius 1 is 1.17 bits per heavy atom. The van der Waals surface area contributed by atoms with Crippen LogP contribution in [0, 0.1) is 6.92 Å². The van der Waals surface area contributed by atoms with Gasteiger partial charge in [0.25, 0.3) is 6.43 Å². The molecule has 1 aromatic carbocycles. The number of hydrogen-bond donors (Lipinski definition) is 1. The summed E-state index contributed by atoms with van der Waals surface area (Å²) in [4.78, 5) is 9.62. The molecular formula is C24H25ClF2N6OS. The van der Waals surface area contributed by atoms with Crippen LogP contribution in [0.5, 0.6) is 0 Å². The van der Waals surface area contributed by atoms with E-state index in [1.807, 2.05) is 49.2 Å². The predicted molar refractivity (Wildman–Crippen MR) is 135 cm³/mol. The fourth-order valence-electron chi connectivity index (χ4n) is 4.31. The van der Waals surface area contributed by atoms with E-state index in [1.165, 1.54) is 4.57 Å². The molecule has 0 radical (unpaired) electrons. The number of rotatable bonds is 6. The number of alkyl halides is 2. The highest BCUT2D eigenvalue weighted by molar-refractivity contribution is 7.98. The highest BCUT2D eigenvalue weighted by atomic mass is 35.5. The number of nitrogens with zero attached hydrogens (tertiary/aromatic N) is 5. The topological polar surface area (TPSA) is 69.8 Å². The Balaban J connectivity index is 1.57. The highest BCUT2D eigenvalue weighted by Gasteiger charge is 2.29. The first-order valence-electron chi connectivity index (χ1n) is 11.3. The van der Waals surface area contributed by atoms with E-state index in [-0.39, 0.29) is 16.6 Å². The summed E-state index contributed by atoms with van der Waals surface area (Å²) in [6, 6.07) is 9.61. The van der Waals surface area contributed by atoms with Gasteiger partial charge in [0, 0.05) is 35.9 Å². The lowest BCUT2D eigenvalue weighted by Gasteiger charge is -2.25. The van der Waals surface area contributed by atoms with Gasteiger partial charge in [-0.25, -0.2) is 18.7 Å². The molecule has 0 amide bonds. The van der Waals surface area contributed by atoms with Crippen LogP contribution in [0.4, 0.5) is 20.2 Å². The van der Waals surface area contributed by atoms with Crippen LogP contribution in [0.3, 0.4) is 0 Å². The van der Waals surface area contributed by atoms with Gasteiger partial charge in [0.2, 0.25) is 0 Å². The van der Waals surface area contributed by atoms with Crippen molar-refractivity contribution in [2.75, 3.05) is 18.2 Å². The average Bonchev–Trinajstić information content (AvgIpc) is 3.40. The SMILES string of the molecule is CSc1cc(-c2cc(C)n(C)n2)ccc1Nc1cc(Cl)nc2c1nc(C(F)F)n2C1CCCCO1. The van der Waals surface area contributed by atoms with Crippen LogP contribution in [0.1, 0.15) is 43.4 Å². The minimum absolute atomic E-state index is 0.184. The molecule has 4 aromatic rings. The zero-order valence-electron chi connectivity index (χ0n) is 19.6. The number of imidazole rings is 1. The molecule has 3 aromatic heterocycles. The molecule has 1 unspecified atom stereocenters. The zero-order valence-corrected chi connectivity index (χ0v) is 21.1. The second kappa shape index (κ2) is 9.75. The van der Waals surface area contributed by atoms with Crippen LogP contribution >= 0.6 is 23.4 Å². The molecule has 0 aliphatic carbocycles. The summed E-state index contributed by atoms with van der Waals surface area (Å²) in [6.45, 7) is 2.52. The highest BCUT2D eigenvalue weighted by Crippen LogP contribution is 2.38. The number of nitrogens with one attached hydrogen (secondary N) is 1. The maximum absolute atomic E-state index is 14.0. The third-order valence-electron chi connectivity index (χ3n) is 6.16. The zero-order chi connectivity index (χ0) is 24.7. The average molecular weight is 519 g/mol. The summed E-state index contributed by atoms with van der Waals surface area (Å²) < 4.78 is 37.0. The van der Waals surface area contributed by atoms with Crippen molar-refractivity contribution in [3.63, 3.8) is 0 Å². The van der Waals surface area contributed by atoms with Crippen molar-refractivity contribution in [1.82, 2.24) is 24.3 Å². The van der Waals surface area contributed by atoms with E-state index >= 15 is 0 Å². The molecule has 1 aliphatic heterocycles. The second-order valence-electron chi connectivity index (χ2n) is 8.46. The molecule has 1 aliphatic rings. The maximum Gasteiger partial charge on any atom is 0.295 e. The fourth-order valence-corrected chi connectivity index (χ4v) is 5.08. The Bertz CT molecular complexity index is 1360. The van der Waals surface area contributed by atoms with Crippen LogP contribution in [-0.2, 0) is 11.8 Å². The van der Waals surface area contributed by atoms with Gasteiger partial charge in [-0.1, -0.05) is 17.7 Å². The third kappa shape index (κ3) is 4.62. The van der Waals surface area contributed by atoms with Crippen LogP contribution < -0.4 is 5.32 Å². The second-order valence-corrected chi connectivity index (χ2v) is 9.70. The van der Waals surface area contributed by atoms with Gasteiger partial charge in [-0.2, -0.15) is 5.10 Å². The van der Waals surface area contributed by atoms with Crippen molar-refractivity contribution < 1.29 is 13.5 Å². The molecule has 184 valence electrons. The first-order chi connectivity index (χ1) is 16.9. The normalized spacial score (nSPS) is 16.4. The number of ether oxygens (including phenoxy) is 1. The van der Waals surface area contributed by atoms with Gasteiger partial charge < -0.3 is 10.1 Å². The van der Waals surface area contributed by atoms with Crippen molar-refractivity contribution in [2.24, 2.45) is 7.05 Å². The molecular weight excluding hydrogens is 494 g/mol. The lowest BCUT2D eigenvalue weighted by molar-refractivity contribution is -0.0363. The molecule has 0 bridgehead atoms. The van der Waals surface area contributed by atoms with E-state index in [4.69, 9.17) is 16.3 Å². The van der Waals surface area contributed by atoms with Gasteiger partial charge in [0.15, 0.2) is 11.5 Å². The Kier molecular flexibility index (Phi) is 6.69. The van der Waals surface area contributed by atoms with E-state index in [0.717, 1.165) is 40.4 Å². The standard InChI is InChI=1S/C24H25ClF2N6OS/c1-13-10-16(31-32(13)2)14-7-8-15(18(11-14)35-3)28-17-12-19(25)29-23-21(17)30-24(22(26)27)33(23)20-6-4-5-9-34-20/h7-8,10-12,20,22H,4-6,9H2,1-3H3,(H,28,29). The Morgan fingerprint density at radius 3 is 2.66 bits per heavy atom. The number of thioether (sulfide) groups is 1. The number of fused-ring (bicyclic) bond motifs is 1. The maximum atomic E-state index is 14.0. The summed E-state index contributed by atoms with van der Waals surface area (Å²) in [5.74, 6) is -0.365. The molecule has 4 heterocycles. The monoisotopic (exact) mass is 518 g/mol. The summed E-state index contributed by atoms with van der Waals surface area (Å²) in [7, 11) is 1.91. The summed E-state index contributed by atoms with van der Waals surface area (Å²) in [5, 5.41) is 8.10. The molecule has 35 heavy (non-hydrogen) atoms. The van der Waals surface area contributed by atoms with Crippen molar-refractivity contribution >= 4 is 45.9 Å². The molecule has 1 N–H and O–H groups in total. The third-order valence-corrected chi connectivity index (χ3v) is 7.13. The largest absolute Gasteiger partial charge is 0.358 e. The number of halogens is 3. The van der Waals surface area contributed by atoms with Crippen LogP contribution in [0.25, 0.3) is 22.4 Å². The lowest BCUT2D eigenvalue weighted by atomic mass is 10.1. The Labute approximate surface area is 210 Å². The molecule has 0 spiro atoms. The van der Waals surface area contributed by atoms with Crippen molar-refractivity contribution in [3.8, 4) is 11.3 Å². The molecule has 1 saturated heterocycles. The number of hydrogen-bond acceptors (Lipinski definition) is 6. The summed E-state index contributed by atoms with van der Waals surface area (Å²) in [6.07, 6.45) is 1.07. The Hall–Kier alpha value is -2.69. The number of aryl methyl sites for hydroxylation is 2. The van der Waals surface area contributed by atoms with Crippen molar-refractivity contribution in [3.05, 3.63) is 47.0 Å². The fraction of sp³-hybridized carbons (Fsp3) is 0.375. The van der Waals surface area contributed by atoms with Crippen LogP contribution in [-0.4, -0.2) is 37.2 Å². The minimum Gasteiger partial charge on any atom is -0.358 e. The molecule has 0 saturated carbocycles. The van der Waals surface area contributed by atoms with Crippen LogP contribution in [0.2, 0.25) is 5.15 Å². The van der Waals surface area contributed by atoms with Gasteiger partial charge in [0.1, 0.15) is 16.9 Å². The van der Waals surface area contributed by atoms with E-state index in [1.54, 1.807) is 17.8 Å². The first kappa shape index (κ1) is 24.0. The molecule has 7 nitrogen and oxygen atoms in total. The van der Waals surface area contributed by atoms with Crippen molar-refractivity contribution in [2.45, 2.75) is 43.7 Å². The lowest BCUT2D eigenvalue weighted by Crippen LogP contribution is -2.20. The smallest absolute Gasteiger partial charge is 0.295 e. The van der Waals surface area contributed by atoms with E-state index in [0.29, 0.717) is 24.2 Å². The van der Waals surface area contributed by atoms with Crippen molar-refractivity contribution in [1.29, 1.82) is 0 Å². The van der Waals surface area contributed by atoms with E-state index in [2.05, 4.69) is 20.4 Å². The van der Waals surface area contributed by atoms with Gasteiger partial charge in [-0.05, 0) is 50.6 Å². The molecule has 11 heteroatoms. The predicted octanol–water partition coefficient (Wildman–Crippen LogP) is 6.90. The molecule has 1 atom stereocenters. The summed E-state index contributed by atoms with van der Waals surface area (Å²) >= 11 is 7.92. The summed E-state index contributed by atoms with van der Waals surface area (Å²) in [5.41, 5.74) is 4.86. The first-order valence-corrected chi connectivity index (χ1v) is 12.9. The number of benzene rings is 1. The Morgan fingerprint density at radius 2 is 2.00 bits per heavy atom. The van der Waals surface area contributed by atoms with Gasteiger partial charge in [0.05, 0.1) is 17.1 Å². The number of anilines is 2. The molecule has 1 fully saturated rings. The quantitative estimate of drug-likeness (QED) is 0.221.